The SMILES string of the molecule is O=C1C(=Cc2ccc[nH]2)SC(=S)N1c1ccc(F)c(Cl)c1. The average Bonchev–Trinajstić information content (AvgIpc) is 3.03. The number of nitrogens with one attached hydrogen (secondary N) is 1. The molecule has 106 valence electrons. The Kier molecular flexibility index (Phi) is 3.84. The van der Waals surface area contributed by atoms with Crippen LogP contribution in [0.3, 0.4) is 0 Å². The van der Waals surface area contributed by atoms with Gasteiger partial charge in [0, 0.05) is 11.9 Å². The van der Waals surface area contributed by atoms with Gasteiger partial charge in [-0.1, -0.05) is 35.6 Å². The van der Waals surface area contributed by atoms with E-state index in [9.17, 15) is 9.18 Å². The van der Waals surface area contributed by atoms with Gasteiger partial charge >= 0.3 is 0 Å². The Balaban J connectivity index is 1.95. The number of H-pyrrole nitrogens is 1. The second kappa shape index (κ2) is 5.63. The summed E-state index contributed by atoms with van der Waals surface area (Å²) in [5, 5.41) is -0.0464. The van der Waals surface area contributed by atoms with Gasteiger partial charge in [0.15, 0.2) is 4.32 Å². The molecule has 0 bridgehead atoms. The highest BCUT2D eigenvalue weighted by Gasteiger charge is 2.33. The molecule has 21 heavy (non-hydrogen) atoms. The summed E-state index contributed by atoms with van der Waals surface area (Å²) in [5.74, 6) is -0.782. The predicted molar refractivity (Wildman–Crippen MR) is 87.9 cm³/mol. The molecule has 3 nitrogen and oxygen atoms in total. The molecule has 1 N–H and O–H groups in total. The lowest BCUT2D eigenvalue weighted by Gasteiger charge is -2.14. The van der Waals surface area contributed by atoms with Crippen molar-refractivity contribution >= 4 is 57.6 Å². The van der Waals surface area contributed by atoms with E-state index in [1.54, 1.807) is 12.3 Å². The Bertz CT molecular complexity index is 758. The first-order valence-electron chi connectivity index (χ1n) is 5.92. The van der Waals surface area contributed by atoms with E-state index < -0.39 is 5.82 Å². The first kappa shape index (κ1) is 14.3. The fourth-order valence-corrected chi connectivity index (χ4v) is 3.35. The Morgan fingerprint density at radius 2 is 2.19 bits per heavy atom. The summed E-state index contributed by atoms with van der Waals surface area (Å²) in [6, 6.07) is 7.77. The fraction of sp³-hybridized carbons (Fsp3) is 0. The van der Waals surface area contributed by atoms with E-state index in [2.05, 4.69) is 4.98 Å². The lowest BCUT2D eigenvalue weighted by molar-refractivity contribution is -0.113. The molecule has 0 unspecified atom stereocenters. The Morgan fingerprint density at radius 1 is 1.38 bits per heavy atom. The van der Waals surface area contributed by atoms with Crippen LogP contribution < -0.4 is 4.90 Å². The summed E-state index contributed by atoms with van der Waals surface area (Å²) >= 11 is 12.2. The number of nitrogens with zero attached hydrogens (tertiary/aromatic N) is 1. The number of carbonyl (C=O) groups is 1. The number of aromatic nitrogens is 1. The van der Waals surface area contributed by atoms with Gasteiger partial charge < -0.3 is 4.98 Å². The van der Waals surface area contributed by atoms with Crippen molar-refractivity contribution in [3.63, 3.8) is 0 Å². The smallest absolute Gasteiger partial charge is 0.270 e. The number of aromatic amines is 1. The number of benzene rings is 1. The number of carbonyl (C=O) groups excluding carboxylic acids is 1. The van der Waals surface area contributed by atoms with Crippen molar-refractivity contribution in [2.75, 3.05) is 4.90 Å². The number of halogens is 2. The van der Waals surface area contributed by atoms with Crippen LogP contribution in [0.2, 0.25) is 5.02 Å². The molecule has 2 heterocycles. The minimum absolute atomic E-state index is 0.0464. The van der Waals surface area contributed by atoms with Gasteiger partial charge in [0.1, 0.15) is 5.82 Å². The van der Waals surface area contributed by atoms with Crippen molar-refractivity contribution in [1.82, 2.24) is 4.98 Å². The van der Waals surface area contributed by atoms with Crippen molar-refractivity contribution in [2.24, 2.45) is 0 Å². The van der Waals surface area contributed by atoms with Gasteiger partial charge in [0.2, 0.25) is 0 Å². The van der Waals surface area contributed by atoms with Crippen LogP contribution in [-0.4, -0.2) is 15.2 Å². The van der Waals surface area contributed by atoms with E-state index in [1.807, 2.05) is 12.1 Å². The molecule has 0 aliphatic carbocycles. The molecule has 7 heteroatoms. The van der Waals surface area contributed by atoms with E-state index in [4.69, 9.17) is 23.8 Å². The van der Waals surface area contributed by atoms with E-state index in [1.165, 1.54) is 34.9 Å². The second-order valence-electron chi connectivity index (χ2n) is 4.24. The van der Waals surface area contributed by atoms with E-state index >= 15 is 0 Å². The van der Waals surface area contributed by atoms with Crippen LogP contribution in [0.4, 0.5) is 10.1 Å². The van der Waals surface area contributed by atoms with Crippen LogP contribution >= 0.6 is 35.6 Å². The van der Waals surface area contributed by atoms with Gasteiger partial charge in [-0.3, -0.25) is 9.69 Å². The Morgan fingerprint density at radius 3 is 2.86 bits per heavy atom. The van der Waals surface area contributed by atoms with E-state index in [0.29, 0.717) is 14.9 Å². The van der Waals surface area contributed by atoms with Crippen molar-refractivity contribution in [1.29, 1.82) is 0 Å². The molecule has 3 rings (SSSR count). The Labute approximate surface area is 134 Å². The first-order chi connectivity index (χ1) is 10.1. The highest BCUT2D eigenvalue weighted by molar-refractivity contribution is 8.27. The number of hydrogen-bond donors (Lipinski definition) is 1. The monoisotopic (exact) mass is 338 g/mol. The van der Waals surface area contributed by atoms with Gasteiger partial charge in [-0.2, -0.15) is 0 Å². The molecule has 0 atom stereocenters. The minimum Gasteiger partial charge on any atom is -0.362 e. The maximum absolute atomic E-state index is 13.2. The number of thioether (sulfide) groups is 1. The van der Waals surface area contributed by atoms with Crippen molar-refractivity contribution in [3.05, 3.63) is 58.0 Å². The van der Waals surface area contributed by atoms with Crippen molar-refractivity contribution in [2.45, 2.75) is 0 Å². The van der Waals surface area contributed by atoms with Crippen molar-refractivity contribution < 1.29 is 9.18 Å². The molecule has 1 aromatic carbocycles. The normalized spacial score (nSPS) is 17.0. The van der Waals surface area contributed by atoms with E-state index in [0.717, 1.165) is 5.69 Å². The van der Waals surface area contributed by atoms with Crippen LogP contribution in [0.5, 0.6) is 0 Å². The molecule has 2 aromatic rings. The molecule has 1 aliphatic rings. The van der Waals surface area contributed by atoms with Crippen molar-refractivity contribution in [3.8, 4) is 0 Å². The zero-order valence-corrected chi connectivity index (χ0v) is 12.9. The fourth-order valence-electron chi connectivity index (χ4n) is 1.89. The van der Waals surface area contributed by atoms with Gasteiger partial charge in [0.05, 0.1) is 15.6 Å². The topological polar surface area (TPSA) is 36.1 Å². The lowest BCUT2D eigenvalue weighted by atomic mass is 10.2. The lowest BCUT2D eigenvalue weighted by Crippen LogP contribution is -2.27. The molecule has 1 aromatic heterocycles. The molecular formula is C14H8ClFN2OS2. The first-order valence-corrected chi connectivity index (χ1v) is 7.53. The summed E-state index contributed by atoms with van der Waals surface area (Å²) < 4.78 is 13.6. The molecule has 0 radical (unpaired) electrons. The van der Waals surface area contributed by atoms with Crippen LogP contribution in [0, 0.1) is 5.82 Å². The third kappa shape index (κ3) is 2.74. The van der Waals surface area contributed by atoms with Crippen LogP contribution in [0.1, 0.15) is 5.69 Å². The van der Waals surface area contributed by atoms with Crippen LogP contribution in [0.15, 0.2) is 41.4 Å². The van der Waals surface area contributed by atoms with Crippen LogP contribution in [0.25, 0.3) is 6.08 Å². The summed E-state index contributed by atoms with van der Waals surface area (Å²) in [7, 11) is 0. The largest absolute Gasteiger partial charge is 0.362 e. The molecule has 0 spiro atoms. The van der Waals surface area contributed by atoms with E-state index in [-0.39, 0.29) is 10.9 Å². The van der Waals surface area contributed by atoms with Gasteiger partial charge in [-0.15, -0.1) is 0 Å². The quantitative estimate of drug-likeness (QED) is 0.658. The molecule has 1 saturated heterocycles. The minimum atomic E-state index is -0.534. The summed E-state index contributed by atoms with van der Waals surface area (Å²) in [6.07, 6.45) is 3.50. The zero-order chi connectivity index (χ0) is 15.0. The highest BCUT2D eigenvalue weighted by Crippen LogP contribution is 2.36. The summed E-state index contributed by atoms with van der Waals surface area (Å²) in [5.41, 5.74) is 1.27. The predicted octanol–water partition coefficient (Wildman–Crippen LogP) is 4.21. The Hall–Kier alpha value is -1.63. The number of anilines is 1. The summed E-state index contributed by atoms with van der Waals surface area (Å²) in [6.45, 7) is 0. The highest BCUT2D eigenvalue weighted by atomic mass is 35.5. The number of thiocarbonyl (C=S) groups is 1. The van der Waals surface area contributed by atoms with Gasteiger partial charge in [0.25, 0.3) is 5.91 Å². The van der Waals surface area contributed by atoms with Crippen LogP contribution in [-0.2, 0) is 4.79 Å². The average molecular weight is 339 g/mol. The summed E-state index contributed by atoms with van der Waals surface area (Å²) in [4.78, 5) is 17.3. The maximum Gasteiger partial charge on any atom is 0.270 e. The molecule has 1 amide bonds. The molecular weight excluding hydrogens is 331 g/mol. The second-order valence-corrected chi connectivity index (χ2v) is 6.32. The third-order valence-corrected chi connectivity index (χ3v) is 4.46. The standard InChI is InChI=1S/C14H8ClFN2OS2/c15-10-7-9(3-4-11(10)16)18-13(19)12(21-14(18)20)6-8-2-1-5-17-8/h1-7,17H. The molecule has 1 aliphatic heterocycles. The third-order valence-electron chi connectivity index (χ3n) is 2.86. The number of hydrogen-bond acceptors (Lipinski definition) is 3. The van der Waals surface area contributed by atoms with Gasteiger partial charge in [-0.25, -0.2) is 4.39 Å². The number of rotatable bonds is 2. The zero-order valence-electron chi connectivity index (χ0n) is 10.5. The molecule has 0 saturated carbocycles. The molecule has 1 fully saturated rings. The maximum atomic E-state index is 13.2. The number of amides is 1. The van der Waals surface area contributed by atoms with Gasteiger partial charge in [-0.05, 0) is 36.4 Å².